The molecule has 0 bridgehead atoms. The van der Waals surface area contributed by atoms with Crippen molar-refractivity contribution in [2.45, 2.75) is 23.7 Å². The molecule has 128 valence electrons. The summed E-state index contributed by atoms with van der Waals surface area (Å²) in [5.41, 5.74) is 3.07. The van der Waals surface area contributed by atoms with Crippen LogP contribution in [0.1, 0.15) is 33.0 Å². The molecule has 1 atom stereocenters. The first-order valence-corrected chi connectivity index (χ1v) is 9.49. The van der Waals surface area contributed by atoms with E-state index in [2.05, 4.69) is 10.0 Å². The molecule has 2 aromatic rings. The standard InChI is InChI=1S/C18H16N2O4S/c21-17-15-10-13(6-5-11(15)7-8-19-17)25(23,24)20-18(22)16-9-12-3-1-2-4-14(12)16/h1-6,10,16H,7-9H2,(H,19,21)(H,20,22). The Morgan fingerprint density at radius 1 is 1.12 bits per heavy atom. The summed E-state index contributed by atoms with van der Waals surface area (Å²) in [5, 5.41) is 2.68. The fourth-order valence-electron chi connectivity index (χ4n) is 3.31. The van der Waals surface area contributed by atoms with E-state index >= 15 is 0 Å². The summed E-state index contributed by atoms with van der Waals surface area (Å²) < 4.78 is 27.2. The van der Waals surface area contributed by atoms with Gasteiger partial charge in [0.1, 0.15) is 0 Å². The zero-order valence-corrected chi connectivity index (χ0v) is 14.1. The van der Waals surface area contributed by atoms with Crippen molar-refractivity contribution >= 4 is 21.8 Å². The summed E-state index contributed by atoms with van der Waals surface area (Å²) in [5.74, 6) is -1.29. The lowest BCUT2D eigenvalue weighted by Gasteiger charge is -2.28. The second kappa shape index (κ2) is 5.70. The van der Waals surface area contributed by atoms with Gasteiger partial charge in [0.15, 0.2) is 0 Å². The van der Waals surface area contributed by atoms with Gasteiger partial charge in [-0.1, -0.05) is 30.3 Å². The number of fused-ring (bicyclic) bond motifs is 2. The Bertz CT molecular complexity index is 998. The maximum absolute atomic E-state index is 12.5. The molecule has 2 N–H and O–H groups in total. The molecule has 25 heavy (non-hydrogen) atoms. The van der Waals surface area contributed by atoms with Crippen LogP contribution in [0.4, 0.5) is 0 Å². The van der Waals surface area contributed by atoms with Crippen molar-refractivity contribution in [3.63, 3.8) is 0 Å². The largest absolute Gasteiger partial charge is 0.352 e. The number of benzene rings is 2. The van der Waals surface area contributed by atoms with Crippen LogP contribution in [0.25, 0.3) is 0 Å². The highest BCUT2D eigenvalue weighted by Gasteiger charge is 2.34. The van der Waals surface area contributed by atoms with Crippen molar-refractivity contribution in [1.29, 1.82) is 0 Å². The Labute approximate surface area is 145 Å². The van der Waals surface area contributed by atoms with Crippen LogP contribution < -0.4 is 10.0 Å². The molecule has 1 aliphatic heterocycles. The summed E-state index contributed by atoms with van der Waals surface area (Å²) in [6.45, 7) is 0.537. The quantitative estimate of drug-likeness (QED) is 0.862. The second-order valence-corrected chi connectivity index (χ2v) is 7.93. The molecule has 0 spiro atoms. The topological polar surface area (TPSA) is 92.3 Å². The molecule has 0 saturated heterocycles. The highest BCUT2D eigenvalue weighted by Crippen LogP contribution is 2.35. The molecule has 0 saturated carbocycles. The number of rotatable bonds is 3. The van der Waals surface area contributed by atoms with Crippen LogP contribution in [0.5, 0.6) is 0 Å². The number of hydrogen-bond acceptors (Lipinski definition) is 4. The van der Waals surface area contributed by atoms with Crippen molar-refractivity contribution in [2.24, 2.45) is 0 Å². The van der Waals surface area contributed by atoms with Crippen LogP contribution in [0, 0.1) is 0 Å². The van der Waals surface area contributed by atoms with Crippen molar-refractivity contribution in [1.82, 2.24) is 10.0 Å². The minimum atomic E-state index is -4.02. The minimum Gasteiger partial charge on any atom is -0.352 e. The van der Waals surface area contributed by atoms with E-state index in [0.717, 1.165) is 16.7 Å². The first-order valence-electron chi connectivity index (χ1n) is 8.01. The fraction of sp³-hybridized carbons (Fsp3) is 0.222. The van der Waals surface area contributed by atoms with Crippen LogP contribution >= 0.6 is 0 Å². The first kappa shape index (κ1) is 15.8. The zero-order chi connectivity index (χ0) is 17.6. The molecule has 0 fully saturated rings. The first-order chi connectivity index (χ1) is 12.0. The second-order valence-electron chi connectivity index (χ2n) is 6.25. The molecule has 2 amide bonds. The Balaban J connectivity index is 1.58. The lowest BCUT2D eigenvalue weighted by atomic mass is 9.77. The van der Waals surface area contributed by atoms with Crippen LogP contribution in [-0.4, -0.2) is 26.8 Å². The van der Waals surface area contributed by atoms with Gasteiger partial charge < -0.3 is 5.32 Å². The van der Waals surface area contributed by atoms with E-state index in [1.807, 2.05) is 24.3 Å². The molecular formula is C18H16N2O4S. The Kier molecular flexibility index (Phi) is 3.61. The normalized spacial score (nSPS) is 18.4. The number of nitrogens with one attached hydrogen (secondary N) is 2. The predicted octanol–water partition coefficient (Wildman–Crippen LogP) is 1.12. The third-order valence-electron chi connectivity index (χ3n) is 4.72. The lowest BCUT2D eigenvalue weighted by molar-refractivity contribution is -0.121. The third kappa shape index (κ3) is 2.70. The van der Waals surface area contributed by atoms with Crippen LogP contribution in [0.15, 0.2) is 47.4 Å². The Hall–Kier alpha value is -2.67. The number of carbonyl (C=O) groups excluding carboxylic acids is 2. The van der Waals surface area contributed by atoms with Gasteiger partial charge in [0.2, 0.25) is 5.91 Å². The van der Waals surface area contributed by atoms with Crippen LogP contribution in [0.3, 0.4) is 0 Å². The predicted molar refractivity (Wildman–Crippen MR) is 90.7 cm³/mol. The molecule has 2 aliphatic rings. The third-order valence-corrected chi connectivity index (χ3v) is 6.07. The maximum atomic E-state index is 12.5. The van der Waals surface area contributed by atoms with Gasteiger partial charge >= 0.3 is 0 Å². The smallest absolute Gasteiger partial charge is 0.264 e. The lowest BCUT2D eigenvalue weighted by Crippen LogP contribution is -2.39. The van der Waals surface area contributed by atoms with E-state index in [4.69, 9.17) is 0 Å². The summed E-state index contributed by atoms with van der Waals surface area (Å²) in [6.07, 6.45) is 1.19. The highest BCUT2D eigenvalue weighted by atomic mass is 32.2. The van der Waals surface area contributed by atoms with Gasteiger partial charge in [0.25, 0.3) is 15.9 Å². The number of sulfonamides is 1. The molecule has 1 aliphatic carbocycles. The van der Waals surface area contributed by atoms with Crippen LogP contribution in [0.2, 0.25) is 0 Å². The summed E-state index contributed by atoms with van der Waals surface area (Å²) >= 11 is 0. The van der Waals surface area contributed by atoms with Gasteiger partial charge in [-0.3, -0.25) is 9.59 Å². The summed E-state index contributed by atoms with van der Waals surface area (Å²) in [4.78, 5) is 24.2. The van der Waals surface area contributed by atoms with Crippen molar-refractivity contribution in [3.8, 4) is 0 Å². The zero-order valence-electron chi connectivity index (χ0n) is 13.3. The van der Waals surface area contributed by atoms with E-state index in [9.17, 15) is 18.0 Å². The van der Waals surface area contributed by atoms with Crippen molar-refractivity contribution in [3.05, 3.63) is 64.7 Å². The minimum absolute atomic E-state index is 0.0794. The van der Waals surface area contributed by atoms with E-state index in [1.54, 1.807) is 6.07 Å². The fourth-order valence-corrected chi connectivity index (χ4v) is 4.36. The van der Waals surface area contributed by atoms with Gasteiger partial charge in [-0.25, -0.2) is 13.1 Å². The SMILES string of the molecule is O=C1NCCc2ccc(S(=O)(=O)NC(=O)C3Cc4ccccc43)cc21. The van der Waals surface area contributed by atoms with Crippen molar-refractivity contribution < 1.29 is 18.0 Å². The van der Waals surface area contributed by atoms with E-state index in [0.29, 0.717) is 24.9 Å². The number of carbonyl (C=O) groups is 2. The van der Waals surface area contributed by atoms with Gasteiger partial charge in [-0.15, -0.1) is 0 Å². The molecule has 1 heterocycles. The molecule has 4 rings (SSSR count). The van der Waals surface area contributed by atoms with Gasteiger partial charge in [-0.05, 0) is 41.7 Å². The van der Waals surface area contributed by atoms with E-state index in [1.165, 1.54) is 12.1 Å². The van der Waals surface area contributed by atoms with E-state index < -0.39 is 21.8 Å². The summed E-state index contributed by atoms with van der Waals surface area (Å²) in [6, 6.07) is 11.9. The van der Waals surface area contributed by atoms with Gasteiger partial charge in [0, 0.05) is 12.1 Å². The van der Waals surface area contributed by atoms with Gasteiger partial charge in [-0.2, -0.15) is 0 Å². The molecule has 7 heteroatoms. The molecule has 0 radical (unpaired) electrons. The molecule has 1 unspecified atom stereocenters. The molecule has 0 aromatic heterocycles. The monoisotopic (exact) mass is 356 g/mol. The average Bonchev–Trinajstić information content (AvgIpc) is 2.55. The maximum Gasteiger partial charge on any atom is 0.264 e. The highest BCUT2D eigenvalue weighted by molar-refractivity contribution is 7.90. The Morgan fingerprint density at radius 2 is 1.92 bits per heavy atom. The number of hydrogen-bond donors (Lipinski definition) is 2. The van der Waals surface area contributed by atoms with Gasteiger partial charge in [0.05, 0.1) is 10.8 Å². The molecule has 2 aromatic carbocycles. The Morgan fingerprint density at radius 3 is 2.72 bits per heavy atom. The van der Waals surface area contributed by atoms with Crippen molar-refractivity contribution in [2.75, 3.05) is 6.54 Å². The number of amides is 2. The van der Waals surface area contributed by atoms with Crippen LogP contribution in [-0.2, 0) is 27.7 Å². The molecule has 6 nitrogen and oxygen atoms in total. The molecular weight excluding hydrogens is 340 g/mol. The van der Waals surface area contributed by atoms with E-state index in [-0.39, 0.29) is 10.8 Å². The summed E-state index contributed by atoms with van der Waals surface area (Å²) in [7, 11) is -4.02. The average molecular weight is 356 g/mol.